The van der Waals surface area contributed by atoms with Gasteiger partial charge < -0.3 is 14.6 Å². The summed E-state index contributed by atoms with van der Waals surface area (Å²) >= 11 is 3.23. The van der Waals surface area contributed by atoms with Gasteiger partial charge in [0.25, 0.3) is 5.56 Å². The number of para-hydroxylation sites is 1. The van der Waals surface area contributed by atoms with E-state index in [9.17, 15) is 18.4 Å². The molecule has 0 bridgehead atoms. The van der Waals surface area contributed by atoms with Crippen molar-refractivity contribution in [3.05, 3.63) is 92.3 Å². The lowest BCUT2D eigenvalue weighted by Gasteiger charge is -2.14. The molecular formula is C21H17BrF2N2O3. The van der Waals surface area contributed by atoms with Gasteiger partial charge in [0.2, 0.25) is 5.91 Å². The van der Waals surface area contributed by atoms with E-state index in [4.69, 9.17) is 4.74 Å². The third-order valence-corrected chi connectivity index (χ3v) is 4.87. The molecule has 3 aromatic rings. The summed E-state index contributed by atoms with van der Waals surface area (Å²) in [6.45, 7) is 1.50. The maximum Gasteiger partial charge on any atom is 0.268 e. The summed E-state index contributed by atoms with van der Waals surface area (Å²) in [6, 6.07) is 12.0. The second kappa shape index (κ2) is 9.00. The van der Waals surface area contributed by atoms with Crippen LogP contribution in [0.3, 0.4) is 0 Å². The largest absolute Gasteiger partial charge is 0.487 e. The molecule has 1 aromatic heterocycles. The van der Waals surface area contributed by atoms with E-state index in [0.29, 0.717) is 5.69 Å². The molecule has 0 aliphatic carbocycles. The summed E-state index contributed by atoms with van der Waals surface area (Å²) < 4.78 is 33.9. The standard InChI is InChI=1S/C21H17BrF2N2O3/c1-13(27)25-18-5-3-2-4-14(18)11-26-9-8-19(20(22)21(26)28)29-12-15-6-7-16(23)10-17(15)24/h2-10H,11-12H2,1H3,(H,25,27). The molecule has 0 spiro atoms. The van der Waals surface area contributed by atoms with Crippen molar-refractivity contribution >= 4 is 27.5 Å². The fraction of sp³-hybridized carbons (Fsp3) is 0.143. The molecule has 0 fully saturated rings. The number of carbonyl (C=O) groups is 1. The van der Waals surface area contributed by atoms with Crippen molar-refractivity contribution in [3.8, 4) is 5.75 Å². The van der Waals surface area contributed by atoms with Gasteiger partial charge >= 0.3 is 0 Å². The first-order chi connectivity index (χ1) is 13.8. The molecule has 3 rings (SSSR count). The first kappa shape index (κ1) is 20.7. The molecule has 1 heterocycles. The summed E-state index contributed by atoms with van der Waals surface area (Å²) in [6.07, 6.45) is 1.55. The topological polar surface area (TPSA) is 60.3 Å². The van der Waals surface area contributed by atoms with E-state index in [1.165, 1.54) is 17.6 Å². The molecule has 0 unspecified atom stereocenters. The molecule has 8 heteroatoms. The molecule has 1 N–H and O–H groups in total. The molecule has 150 valence electrons. The number of benzene rings is 2. The first-order valence-electron chi connectivity index (χ1n) is 8.66. The molecule has 0 saturated carbocycles. The Labute approximate surface area is 174 Å². The SMILES string of the molecule is CC(=O)Nc1ccccc1Cn1ccc(OCc2ccc(F)cc2F)c(Br)c1=O. The Hall–Kier alpha value is -3.00. The number of nitrogens with zero attached hydrogens (tertiary/aromatic N) is 1. The lowest BCUT2D eigenvalue weighted by atomic mass is 10.1. The molecular weight excluding hydrogens is 446 g/mol. The van der Waals surface area contributed by atoms with Crippen molar-refractivity contribution in [2.75, 3.05) is 5.32 Å². The van der Waals surface area contributed by atoms with Gasteiger partial charge in [-0.25, -0.2) is 8.78 Å². The Morgan fingerprint density at radius 1 is 1.14 bits per heavy atom. The van der Waals surface area contributed by atoms with Crippen molar-refractivity contribution < 1.29 is 18.3 Å². The van der Waals surface area contributed by atoms with Gasteiger partial charge in [0.05, 0.1) is 6.54 Å². The maximum atomic E-state index is 13.7. The fourth-order valence-electron chi connectivity index (χ4n) is 2.71. The summed E-state index contributed by atoms with van der Waals surface area (Å²) in [5, 5.41) is 2.73. The minimum absolute atomic E-state index is 0.153. The van der Waals surface area contributed by atoms with Crippen LogP contribution in [0.4, 0.5) is 14.5 Å². The molecule has 0 aliphatic heterocycles. The zero-order valence-corrected chi connectivity index (χ0v) is 17.0. The van der Waals surface area contributed by atoms with Crippen molar-refractivity contribution in [1.29, 1.82) is 0 Å². The maximum absolute atomic E-state index is 13.7. The Morgan fingerprint density at radius 3 is 2.62 bits per heavy atom. The van der Waals surface area contributed by atoms with E-state index in [1.54, 1.807) is 24.4 Å². The number of nitrogens with one attached hydrogen (secondary N) is 1. The van der Waals surface area contributed by atoms with Gasteiger partial charge in [-0.3, -0.25) is 9.59 Å². The van der Waals surface area contributed by atoms with Crippen molar-refractivity contribution in [2.24, 2.45) is 0 Å². The van der Waals surface area contributed by atoms with Crippen molar-refractivity contribution in [3.63, 3.8) is 0 Å². The summed E-state index contributed by atoms with van der Waals surface area (Å²) in [4.78, 5) is 24.0. The number of pyridine rings is 1. The smallest absolute Gasteiger partial charge is 0.268 e. The molecule has 0 atom stereocenters. The molecule has 2 aromatic carbocycles. The molecule has 5 nitrogen and oxygen atoms in total. The second-order valence-electron chi connectivity index (χ2n) is 6.29. The van der Waals surface area contributed by atoms with E-state index in [-0.39, 0.29) is 40.4 Å². The number of halogens is 3. The second-order valence-corrected chi connectivity index (χ2v) is 7.08. The highest BCUT2D eigenvalue weighted by Crippen LogP contribution is 2.23. The van der Waals surface area contributed by atoms with Crippen LogP contribution in [-0.2, 0) is 17.9 Å². The van der Waals surface area contributed by atoms with Crippen molar-refractivity contribution in [2.45, 2.75) is 20.1 Å². The average molecular weight is 463 g/mol. The third kappa shape index (κ3) is 5.08. The van der Waals surface area contributed by atoms with Gasteiger partial charge in [0.1, 0.15) is 28.5 Å². The number of ether oxygens (including phenoxy) is 1. The van der Waals surface area contributed by atoms with Crippen LogP contribution in [0.5, 0.6) is 5.75 Å². The average Bonchev–Trinajstić information content (AvgIpc) is 2.67. The predicted molar refractivity (Wildman–Crippen MR) is 109 cm³/mol. The van der Waals surface area contributed by atoms with Crippen LogP contribution in [0.25, 0.3) is 0 Å². The van der Waals surface area contributed by atoms with Crippen LogP contribution in [0.15, 0.2) is 64.0 Å². The van der Waals surface area contributed by atoms with E-state index in [1.807, 2.05) is 12.1 Å². The van der Waals surface area contributed by atoms with Crippen LogP contribution in [0, 0.1) is 11.6 Å². The number of rotatable bonds is 6. The Balaban J connectivity index is 1.80. The van der Waals surface area contributed by atoms with Crippen LogP contribution in [0.1, 0.15) is 18.1 Å². The highest BCUT2D eigenvalue weighted by atomic mass is 79.9. The number of anilines is 1. The predicted octanol–water partition coefficient (Wildman–Crippen LogP) is 4.47. The fourth-order valence-corrected chi connectivity index (χ4v) is 3.19. The lowest BCUT2D eigenvalue weighted by molar-refractivity contribution is -0.114. The van der Waals surface area contributed by atoms with E-state index in [2.05, 4.69) is 21.2 Å². The first-order valence-corrected chi connectivity index (χ1v) is 9.45. The van der Waals surface area contributed by atoms with Gasteiger partial charge in [-0.1, -0.05) is 18.2 Å². The molecule has 0 saturated heterocycles. The molecule has 0 aliphatic rings. The van der Waals surface area contributed by atoms with Crippen LogP contribution < -0.4 is 15.6 Å². The van der Waals surface area contributed by atoms with E-state index in [0.717, 1.165) is 17.7 Å². The summed E-state index contributed by atoms with van der Waals surface area (Å²) in [7, 11) is 0. The van der Waals surface area contributed by atoms with Gasteiger partial charge in [0.15, 0.2) is 0 Å². The van der Waals surface area contributed by atoms with Gasteiger partial charge in [-0.15, -0.1) is 0 Å². The lowest BCUT2D eigenvalue weighted by Crippen LogP contribution is -2.22. The zero-order chi connectivity index (χ0) is 21.0. The number of amides is 1. The van der Waals surface area contributed by atoms with Crippen LogP contribution in [-0.4, -0.2) is 10.5 Å². The summed E-state index contributed by atoms with van der Waals surface area (Å²) in [5.41, 5.74) is 1.21. The monoisotopic (exact) mass is 462 g/mol. The quantitative estimate of drug-likeness (QED) is 0.587. The molecule has 29 heavy (non-hydrogen) atoms. The van der Waals surface area contributed by atoms with Gasteiger partial charge in [-0.05, 0) is 45.8 Å². The Kier molecular flexibility index (Phi) is 6.43. The van der Waals surface area contributed by atoms with Crippen LogP contribution in [0.2, 0.25) is 0 Å². The zero-order valence-electron chi connectivity index (χ0n) is 15.4. The highest BCUT2D eigenvalue weighted by molar-refractivity contribution is 9.10. The Bertz CT molecular complexity index is 1120. The van der Waals surface area contributed by atoms with Crippen molar-refractivity contribution in [1.82, 2.24) is 4.57 Å². The normalized spacial score (nSPS) is 10.6. The minimum atomic E-state index is -0.718. The molecule has 1 amide bonds. The Morgan fingerprint density at radius 2 is 1.90 bits per heavy atom. The number of aromatic nitrogens is 1. The number of hydrogen-bond acceptors (Lipinski definition) is 3. The molecule has 0 radical (unpaired) electrons. The van der Waals surface area contributed by atoms with E-state index >= 15 is 0 Å². The highest BCUT2D eigenvalue weighted by Gasteiger charge is 2.12. The van der Waals surface area contributed by atoms with Gasteiger partial charge in [0, 0.05) is 30.4 Å². The van der Waals surface area contributed by atoms with Gasteiger partial charge in [-0.2, -0.15) is 0 Å². The third-order valence-electron chi connectivity index (χ3n) is 4.14. The van der Waals surface area contributed by atoms with E-state index < -0.39 is 11.6 Å². The number of carbonyl (C=O) groups excluding carboxylic acids is 1. The minimum Gasteiger partial charge on any atom is -0.487 e. The number of hydrogen-bond donors (Lipinski definition) is 1. The summed E-state index contributed by atoms with van der Waals surface area (Å²) in [5.74, 6) is -1.36. The van der Waals surface area contributed by atoms with Crippen LogP contribution >= 0.6 is 15.9 Å².